The molecule has 2 aromatic carbocycles. The molecule has 1 atom stereocenters. The monoisotopic (exact) mass is 583 g/mol. The van der Waals surface area contributed by atoms with Gasteiger partial charge in [0.25, 0.3) is 11.8 Å². The fourth-order valence-electron chi connectivity index (χ4n) is 6.37. The first kappa shape index (κ1) is 29.9. The molecule has 224 valence electrons. The number of nitriles is 1. The lowest BCUT2D eigenvalue weighted by Crippen LogP contribution is -2.42. The van der Waals surface area contributed by atoms with E-state index in [0.29, 0.717) is 68.1 Å². The second-order valence-corrected chi connectivity index (χ2v) is 11.0. The Bertz CT molecular complexity index is 1510. The van der Waals surface area contributed by atoms with Crippen LogP contribution in [0.2, 0.25) is 0 Å². The van der Waals surface area contributed by atoms with Crippen molar-refractivity contribution in [3.8, 4) is 6.07 Å². The van der Waals surface area contributed by atoms with E-state index in [2.05, 4.69) is 32.2 Å². The predicted octanol–water partition coefficient (Wildman–Crippen LogP) is 2.28. The van der Waals surface area contributed by atoms with E-state index in [4.69, 9.17) is 4.42 Å². The van der Waals surface area contributed by atoms with Gasteiger partial charge in [0, 0.05) is 38.2 Å². The number of carbonyl (C=O) groups excluding carboxylic acids is 3. The number of aryl methyl sites for hydroxylation is 3. The molecule has 11 nitrogen and oxygen atoms in total. The zero-order valence-electron chi connectivity index (χ0n) is 24.8. The molecule has 1 saturated heterocycles. The Morgan fingerprint density at radius 1 is 1.02 bits per heavy atom. The van der Waals surface area contributed by atoms with Crippen molar-refractivity contribution in [1.82, 2.24) is 31.0 Å². The van der Waals surface area contributed by atoms with E-state index in [1.54, 1.807) is 31.1 Å². The number of carbonyl (C=O) groups is 3. The van der Waals surface area contributed by atoms with Crippen LogP contribution in [0.15, 0.2) is 40.8 Å². The maximum atomic E-state index is 13.0. The first-order valence-corrected chi connectivity index (χ1v) is 14.8. The molecular weight excluding hydrogens is 546 g/mol. The Balaban J connectivity index is 1.59. The molecule has 0 spiro atoms. The van der Waals surface area contributed by atoms with E-state index in [9.17, 15) is 19.6 Å². The Morgan fingerprint density at radius 2 is 1.65 bits per heavy atom. The minimum atomic E-state index is -0.914. The van der Waals surface area contributed by atoms with Gasteiger partial charge in [0.1, 0.15) is 11.5 Å². The van der Waals surface area contributed by atoms with Crippen molar-refractivity contribution in [1.29, 1.82) is 5.26 Å². The highest BCUT2D eigenvalue weighted by atomic mass is 16.4. The molecule has 2 heterocycles. The Kier molecular flexibility index (Phi) is 8.87. The summed E-state index contributed by atoms with van der Waals surface area (Å²) in [5.74, 6) is 0.467. The molecule has 0 radical (unpaired) electrons. The number of hydrogen-bond donors (Lipinski definition) is 3. The summed E-state index contributed by atoms with van der Waals surface area (Å²) in [6, 6.07) is 13.2. The van der Waals surface area contributed by atoms with Crippen molar-refractivity contribution in [3.63, 3.8) is 0 Å². The molecule has 0 bridgehead atoms. The number of nitrogens with zero attached hydrogens (tertiary/aromatic N) is 4. The zero-order chi connectivity index (χ0) is 30.6. The van der Waals surface area contributed by atoms with Crippen LogP contribution in [0.25, 0.3) is 0 Å². The highest BCUT2D eigenvalue weighted by molar-refractivity contribution is 5.95. The van der Waals surface area contributed by atoms with Crippen LogP contribution in [0.4, 0.5) is 0 Å². The van der Waals surface area contributed by atoms with E-state index in [1.165, 1.54) is 0 Å². The van der Waals surface area contributed by atoms with E-state index in [1.807, 2.05) is 31.2 Å². The molecule has 1 fully saturated rings. The molecule has 43 heavy (non-hydrogen) atoms. The summed E-state index contributed by atoms with van der Waals surface area (Å²) >= 11 is 0. The quantitative estimate of drug-likeness (QED) is 0.324. The summed E-state index contributed by atoms with van der Waals surface area (Å²) in [6.45, 7) is 3.06. The molecule has 1 aliphatic carbocycles. The van der Waals surface area contributed by atoms with Gasteiger partial charge in [0.15, 0.2) is 0 Å². The van der Waals surface area contributed by atoms with E-state index in [0.717, 1.165) is 28.7 Å². The molecule has 3 amide bonds. The largest absolute Gasteiger partial charge is 0.424 e. The average molecular weight is 584 g/mol. The Hall–Kier alpha value is -4.56. The summed E-state index contributed by atoms with van der Waals surface area (Å²) < 4.78 is 6.31. The number of rotatable bonds is 9. The highest BCUT2D eigenvalue weighted by Crippen LogP contribution is 2.47. The van der Waals surface area contributed by atoms with Gasteiger partial charge in [-0.1, -0.05) is 19.1 Å². The van der Waals surface area contributed by atoms with Crippen molar-refractivity contribution in [2.24, 2.45) is 0 Å². The molecule has 5 rings (SSSR count). The smallest absolute Gasteiger partial charge is 0.251 e. The van der Waals surface area contributed by atoms with Gasteiger partial charge in [-0.15, -0.1) is 10.2 Å². The number of amides is 3. The molecule has 3 aromatic rings. The first-order valence-electron chi connectivity index (χ1n) is 14.8. The van der Waals surface area contributed by atoms with Gasteiger partial charge >= 0.3 is 0 Å². The molecule has 0 unspecified atom stereocenters. The van der Waals surface area contributed by atoms with Crippen LogP contribution in [0, 0.1) is 11.3 Å². The topological polar surface area (TPSA) is 153 Å². The highest BCUT2D eigenvalue weighted by Gasteiger charge is 2.45. The maximum absolute atomic E-state index is 13.0. The van der Waals surface area contributed by atoms with E-state index >= 15 is 0 Å². The first-order chi connectivity index (χ1) is 20.9. The third-order valence-corrected chi connectivity index (χ3v) is 8.58. The third kappa shape index (κ3) is 5.62. The molecule has 11 heteroatoms. The summed E-state index contributed by atoms with van der Waals surface area (Å²) in [4.78, 5) is 39.8. The zero-order valence-corrected chi connectivity index (χ0v) is 24.8. The van der Waals surface area contributed by atoms with Crippen LogP contribution >= 0.6 is 0 Å². The van der Waals surface area contributed by atoms with Crippen molar-refractivity contribution >= 4 is 17.7 Å². The Labute approximate surface area is 251 Å². The van der Waals surface area contributed by atoms with E-state index < -0.39 is 5.41 Å². The number of benzene rings is 2. The number of aromatic nitrogens is 2. The lowest BCUT2D eigenvalue weighted by Gasteiger charge is -2.34. The van der Waals surface area contributed by atoms with Gasteiger partial charge in [-0.2, -0.15) is 5.26 Å². The van der Waals surface area contributed by atoms with Gasteiger partial charge in [0.05, 0.1) is 12.6 Å². The SMILES string of the molecule is CCc1nnc(C2(CCNCC(=O)N3CCC[C@H]3C#N)c3ccc(C(=O)NC)cc3CCc3cc(C(=O)NC)ccc32)o1. The Morgan fingerprint density at radius 3 is 2.19 bits per heavy atom. The average Bonchev–Trinajstić information content (AvgIpc) is 3.71. The number of hydrogen-bond acceptors (Lipinski definition) is 8. The molecule has 2 aliphatic rings. The van der Waals surface area contributed by atoms with Crippen LogP contribution in [-0.4, -0.2) is 72.6 Å². The fourth-order valence-corrected chi connectivity index (χ4v) is 6.37. The van der Waals surface area contributed by atoms with Gasteiger partial charge in [0.2, 0.25) is 17.7 Å². The van der Waals surface area contributed by atoms with Crippen LogP contribution in [-0.2, 0) is 29.5 Å². The molecule has 0 saturated carbocycles. The maximum Gasteiger partial charge on any atom is 0.251 e. The second kappa shape index (κ2) is 12.8. The summed E-state index contributed by atoms with van der Waals surface area (Å²) in [6.07, 6.45) is 3.83. The molecule has 1 aromatic heterocycles. The van der Waals surface area contributed by atoms with Gasteiger partial charge in [-0.05, 0) is 85.2 Å². The molecule has 1 aliphatic heterocycles. The number of fused-ring (bicyclic) bond motifs is 2. The standard InChI is InChI=1S/C32H37N7O4/c1-4-27-37-38-31(43-27)32(13-14-36-19-28(40)39-15-5-6-24(39)18-33)25-11-9-22(29(41)34-2)16-20(25)7-8-21-17-23(30(42)35-3)10-12-26(21)32/h9-12,16-17,24,36H,4-8,13-15,19H2,1-3H3,(H,34,41)(H,35,42)/t24-/m0/s1. The minimum Gasteiger partial charge on any atom is -0.424 e. The lowest BCUT2D eigenvalue weighted by atomic mass is 9.69. The van der Waals surface area contributed by atoms with Gasteiger partial charge in [-0.3, -0.25) is 14.4 Å². The minimum absolute atomic E-state index is 0.100. The molecule has 3 N–H and O–H groups in total. The second-order valence-electron chi connectivity index (χ2n) is 11.0. The lowest BCUT2D eigenvalue weighted by molar-refractivity contribution is -0.130. The summed E-state index contributed by atoms with van der Waals surface area (Å²) in [7, 11) is 3.21. The van der Waals surface area contributed by atoms with Crippen molar-refractivity contribution in [2.75, 3.05) is 33.7 Å². The van der Waals surface area contributed by atoms with Gasteiger partial charge in [-0.25, -0.2) is 0 Å². The van der Waals surface area contributed by atoms with Crippen molar-refractivity contribution in [2.45, 2.75) is 56.9 Å². The van der Waals surface area contributed by atoms with E-state index in [-0.39, 0.29) is 30.3 Å². The summed E-state index contributed by atoms with van der Waals surface area (Å²) in [5.41, 5.74) is 4.01. The van der Waals surface area contributed by atoms with Crippen molar-refractivity contribution < 1.29 is 18.8 Å². The van der Waals surface area contributed by atoms with Gasteiger partial charge < -0.3 is 25.3 Å². The van der Waals surface area contributed by atoms with Crippen LogP contribution < -0.4 is 16.0 Å². The van der Waals surface area contributed by atoms with Crippen molar-refractivity contribution in [3.05, 3.63) is 81.6 Å². The number of likely N-dealkylation sites (tertiary alicyclic amines) is 1. The summed E-state index contributed by atoms with van der Waals surface area (Å²) in [5, 5.41) is 27.0. The van der Waals surface area contributed by atoms with Crippen LogP contribution in [0.5, 0.6) is 0 Å². The normalized spacial score (nSPS) is 16.9. The predicted molar refractivity (Wildman–Crippen MR) is 158 cm³/mol. The van der Waals surface area contributed by atoms with Crippen LogP contribution in [0.3, 0.4) is 0 Å². The third-order valence-electron chi connectivity index (χ3n) is 8.58. The number of nitrogens with one attached hydrogen (secondary N) is 3. The fraction of sp³-hybridized carbons (Fsp3) is 0.438. The van der Waals surface area contributed by atoms with Crippen LogP contribution in [0.1, 0.15) is 80.9 Å². The molecular formula is C32H37N7O4.